The van der Waals surface area contributed by atoms with Crippen LogP contribution < -0.4 is 5.32 Å². The van der Waals surface area contributed by atoms with Crippen LogP contribution in [0.4, 0.5) is 0 Å². The average Bonchev–Trinajstić information content (AvgIpc) is 2.91. The van der Waals surface area contributed by atoms with E-state index in [4.69, 9.17) is 0 Å². The van der Waals surface area contributed by atoms with Gasteiger partial charge in [0.05, 0.1) is 0 Å². The van der Waals surface area contributed by atoms with Crippen LogP contribution in [0.1, 0.15) is 39.0 Å². The van der Waals surface area contributed by atoms with E-state index in [0.29, 0.717) is 0 Å². The normalized spacial score (nSPS) is 32.4. The Morgan fingerprint density at radius 2 is 2.07 bits per heavy atom. The number of rotatable bonds is 6. The van der Waals surface area contributed by atoms with Gasteiger partial charge in [-0.1, -0.05) is 13.3 Å². The van der Waals surface area contributed by atoms with Crippen LogP contribution in [-0.2, 0) is 0 Å². The van der Waals surface area contributed by atoms with Gasteiger partial charge in [-0.2, -0.15) is 11.8 Å². The Labute approximate surface area is 92.4 Å². The van der Waals surface area contributed by atoms with Gasteiger partial charge in [0.1, 0.15) is 0 Å². The second-order valence-corrected chi connectivity index (χ2v) is 6.14. The lowest BCUT2D eigenvalue weighted by Crippen LogP contribution is -2.32. The minimum absolute atomic E-state index is 0.830. The number of hydrogen-bond acceptors (Lipinski definition) is 2. The lowest BCUT2D eigenvalue weighted by Gasteiger charge is -2.16. The van der Waals surface area contributed by atoms with Crippen molar-refractivity contribution in [1.82, 2.24) is 5.32 Å². The van der Waals surface area contributed by atoms with Gasteiger partial charge in [-0.15, -0.1) is 0 Å². The highest BCUT2D eigenvalue weighted by Crippen LogP contribution is 2.32. The summed E-state index contributed by atoms with van der Waals surface area (Å²) in [6.45, 7) is 3.62. The maximum Gasteiger partial charge on any atom is 0.00930 e. The van der Waals surface area contributed by atoms with Gasteiger partial charge >= 0.3 is 0 Å². The molecule has 0 bridgehead atoms. The van der Waals surface area contributed by atoms with E-state index < -0.39 is 0 Å². The van der Waals surface area contributed by atoms with Crippen LogP contribution in [-0.4, -0.2) is 24.1 Å². The van der Waals surface area contributed by atoms with Gasteiger partial charge in [0.25, 0.3) is 0 Å². The van der Waals surface area contributed by atoms with E-state index in [2.05, 4.69) is 24.0 Å². The monoisotopic (exact) mass is 213 g/mol. The van der Waals surface area contributed by atoms with Crippen molar-refractivity contribution in [2.75, 3.05) is 18.1 Å². The molecule has 0 aromatic carbocycles. The molecule has 0 aromatic heterocycles. The van der Waals surface area contributed by atoms with E-state index in [1.165, 1.54) is 50.2 Å². The first-order valence-corrected chi connectivity index (χ1v) is 7.33. The second kappa shape index (κ2) is 5.41. The molecule has 2 aliphatic rings. The fourth-order valence-corrected chi connectivity index (χ4v) is 3.40. The zero-order valence-electron chi connectivity index (χ0n) is 9.30. The standard InChI is InChI=1S/C12H23NS/c1-10-3-2-4-12(10)13-7-8-14-9-11-5-6-11/h10-13H,2-9H2,1H3. The molecule has 0 saturated heterocycles. The molecule has 2 saturated carbocycles. The van der Waals surface area contributed by atoms with Gasteiger partial charge in [-0.05, 0) is 43.3 Å². The molecule has 0 heterocycles. The molecule has 2 aliphatic carbocycles. The Balaban J connectivity index is 1.45. The van der Waals surface area contributed by atoms with Crippen molar-refractivity contribution in [1.29, 1.82) is 0 Å². The third-order valence-corrected chi connectivity index (χ3v) is 4.76. The molecule has 2 rings (SSSR count). The maximum atomic E-state index is 3.70. The molecular weight excluding hydrogens is 190 g/mol. The summed E-state index contributed by atoms with van der Waals surface area (Å²) in [4.78, 5) is 0. The molecule has 14 heavy (non-hydrogen) atoms. The zero-order chi connectivity index (χ0) is 9.80. The summed E-state index contributed by atoms with van der Waals surface area (Å²) in [6, 6.07) is 0.830. The fraction of sp³-hybridized carbons (Fsp3) is 1.00. The summed E-state index contributed by atoms with van der Waals surface area (Å²) in [5, 5.41) is 3.70. The average molecular weight is 213 g/mol. The second-order valence-electron chi connectivity index (χ2n) is 4.99. The quantitative estimate of drug-likeness (QED) is 0.681. The minimum atomic E-state index is 0.830. The molecule has 0 amide bonds. The van der Waals surface area contributed by atoms with Gasteiger partial charge in [0.15, 0.2) is 0 Å². The highest BCUT2D eigenvalue weighted by molar-refractivity contribution is 7.99. The third kappa shape index (κ3) is 3.47. The van der Waals surface area contributed by atoms with Crippen molar-refractivity contribution < 1.29 is 0 Å². The van der Waals surface area contributed by atoms with Gasteiger partial charge < -0.3 is 5.32 Å². The highest BCUT2D eigenvalue weighted by atomic mass is 32.2. The molecule has 2 heteroatoms. The lowest BCUT2D eigenvalue weighted by atomic mass is 10.1. The summed E-state index contributed by atoms with van der Waals surface area (Å²) in [5.41, 5.74) is 0. The molecule has 1 nitrogen and oxygen atoms in total. The maximum absolute atomic E-state index is 3.70. The summed E-state index contributed by atoms with van der Waals surface area (Å²) in [6.07, 6.45) is 7.29. The van der Waals surface area contributed by atoms with Crippen molar-refractivity contribution >= 4 is 11.8 Å². The van der Waals surface area contributed by atoms with Crippen molar-refractivity contribution in [3.05, 3.63) is 0 Å². The Hall–Kier alpha value is 0.310. The predicted molar refractivity (Wildman–Crippen MR) is 64.9 cm³/mol. The van der Waals surface area contributed by atoms with Crippen molar-refractivity contribution in [3.63, 3.8) is 0 Å². The Kier molecular flexibility index (Phi) is 4.18. The van der Waals surface area contributed by atoms with E-state index in [1.807, 2.05) is 0 Å². The smallest absolute Gasteiger partial charge is 0.00930 e. The predicted octanol–water partition coefficient (Wildman–Crippen LogP) is 2.91. The summed E-state index contributed by atoms with van der Waals surface area (Å²) >= 11 is 2.15. The molecule has 0 aliphatic heterocycles. The number of nitrogens with one attached hydrogen (secondary N) is 1. The molecular formula is C12H23NS. The largest absolute Gasteiger partial charge is 0.313 e. The van der Waals surface area contributed by atoms with Gasteiger partial charge in [0, 0.05) is 18.3 Å². The first kappa shape index (κ1) is 10.8. The molecule has 82 valence electrons. The highest BCUT2D eigenvalue weighted by Gasteiger charge is 2.23. The molecule has 2 unspecified atom stereocenters. The van der Waals surface area contributed by atoms with Crippen LogP contribution in [0.15, 0.2) is 0 Å². The Bertz CT molecular complexity index is 168. The van der Waals surface area contributed by atoms with Gasteiger partial charge in [-0.25, -0.2) is 0 Å². The summed E-state index contributed by atoms with van der Waals surface area (Å²) in [7, 11) is 0. The van der Waals surface area contributed by atoms with Crippen LogP contribution in [0.5, 0.6) is 0 Å². The Morgan fingerprint density at radius 3 is 2.71 bits per heavy atom. The topological polar surface area (TPSA) is 12.0 Å². The lowest BCUT2D eigenvalue weighted by molar-refractivity contribution is 0.438. The number of thioether (sulfide) groups is 1. The SMILES string of the molecule is CC1CCCC1NCCSCC1CC1. The van der Waals surface area contributed by atoms with E-state index in [0.717, 1.165) is 17.9 Å². The van der Waals surface area contributed by atoms with Gasteiger partial charge in [0.2, 0.25) is 0 Å². The molecule has 0 radical (unpaired) electrons. The summed E-state index contributed by atoms with van der Waals surface area (Å²) in [5.74, 6) is 4.75. The van der Waals surface area contributed by atoms with Crippen LogP contribution in [0.2, 0.25) is 0 Å². The van der Waals surface area contributed by atoms with E-state index in [1.54, 1.807) is 0 Å². The van der Waals surface area contributed by atoms with Crippen LogP contribution in [0.25, 0.3) is 0 Å². The zero-order valence-corrected chi connectivity index (χ0v) is 10.1. The van der Waals surface area contributed by atoms with E-state index in [9.17, 15) is 0 Å². The van der Waals surface area contributed by atoms with Crippen molar-refractivity contribution in [2.45, 2.75) is 45.1 Å². The van der Waals surface area contributed by atoms with Gasteiger partial charge in [-0.3, -0.25) is 0 Å². The van der Waals surface area contributed by atoms with Crippen LogP contribution in [0.3, 0.4) is 0 Å². The molecule has 0 spiro atoms. The van der Waals surface area contributed by atoms with Crippen molar-refractivity contribution in [3.8, 4) is 0 Å². The number of hydrogen-bond donors (Lipinski definition) is 1. The van der Waals surface area contributed by atoms with Crippen LogP contribution >= 0.6 is 11.8 Å². The molecule has 1 N–H and O–H groups in total. The van der Waals surface area contributed by atoms with E-state index >= 15 is 0 Å². The molecule has 0 aromatic rings. The fourth-order valence-electron chi connectivity index (χ4n) is 2.30. The van der Waals surface area contributed by atoms with E-state index in [-0.39, 0.29) is 0 Å². The van der Waals surface area contributed by atoms with Crippen LogP contribution in [0, 0.1) is 11.8 Å². The molecule has 2 atom stereocenters. The summed E-state index contributed by atoms with van der Waals surface area (Å²) < 4.78 is 0. The minimum Gasteiger partial charge on any atom is -0.313 e. The first-order valence-electron chi connectivity index (χ1n) is 6.17. The van der Waals surface area contributed by atoms with Crippen molar-refractivity contribution in [2.24, 2.45) is 11.8 Å². The first-order chi connectivity index (χ1) is 6.86. The third-order valence-electron chi connectivity index (χ3n) is 3.56. The molecule has 2 fully saturated rings. The Morgan fingerprint density at radius 1 is 1.21 bits per heavy atom.